The van der Waals surface area contributed by atoms with Crippen molar-refractivity contribution in [2.24, 2.45) is 0 Å². The number of rotatable bonds is 6. The summed E-state index contributed by atoms with van der Waals surface area (Å²) < 4.78 is 5.11. The molecule has 0 spiro atoms. The Balaban J connectivity index is 3.06. The van der Waals surface area contributed by atoms with Crippen molar-refractivity contribution < 1.29 is 19.6 Å². The molecule has 18 heavy (non-hydrogen) atoms. The van der Waals surface area contributed by atoms with Crippen LogP contribution in [0.4, 0.5) is 5.69 Å². The molecule has 0 radical (unpaired) electrons. The Labute approximate surface area is 108 Å². The molecule has 0 heterocycles. The summed E-state index contributed by atoms with van der Waals surface area (Å²) in [5.41, 5.74) is 0.166. The molecule has 7 heteroatoms. The fraction of sp³-hybridized carbons (Fsp3) is 0.364. The second kappa shape index (κ2) is 6.20. The van der Waals surface area contributed by atoms with E-state index in [2.05, 4.69) is 0 Å². The van der Waals surface area contributed by atoms with Gasteiger partial charge in [0.05, 0.1) is 23.3 Å². The van der Waals surface area contributed by atoms with Crippen LogP contribution in [-0.4, -0.2) is 22.6 Å². The normalized spacial score (nSPS) is 11.9. The molecule has 0 saturated carbocycles. The summed E-state index contributed by atoms with van der Waals surface area (Å²) >= 11 is 5.86. The summed E-state index contributed by atoms with van der Waals surface area (Å²) in [6.45, 7) is 2.02. The van der Waals surface area contributed by atoms with E-state index in [1.807, 2.05) is 0 Å². The molecule has 98 valence electrons. The van der Waals surface area contributed by atoms with Crippen molar-refractivity contribution in [3.05, 3.63) is 33.9 Å². The van der Waals surface area contributed by atoms with Crippen LogP contribution in [0, 0.1) is 10.1 Å². The number of hydrogen-bond donors (Lipinski definition) is 1. The van der Waals surface area contributed by atoms with Crippen LogP contribution >= 0.6 is 11.6 Å². The first-order valence-corrected chi connectivity index (χ1v) is 5.66. The maximum Gasteiger partial charge on any atom is 0.311 e. The topological polar surface area (TPSA) is 89.7 Å². The molecule has 0 fully saturated rings. The maximum absolute atomic E-state index is 10.9. The number of carboxylic acid groups (broad SMARTS) is 1. The number of halogens is 1. The number of hydrogen-bond acceptors (Lipinski definition) is 4. The van der Waals surface area contributed by atoms with Gasteiger partial charge in [0.15, 0.2) is 5.75 Å². The van der Waals surface area contributed by atoms with E-state index in [-0.39, 0.29) is 17.9 Å². The largest absolute Gasteiger partial charge is 0.487 e. The minimum absolute atomic E-state index is 0.144. The first kappa shape index (κ1) is 14.2. The summed E-state index contributed by atoms with van der Waals surface area (Å²) in [5, 5.41) is 18.7. The van der Waals surface area contributed by atoms with E-state index in [0.29, 0.717) is 12.2 Å². The summed E-state index contributed by atoms with van der Waals surface area (Å²) in [6, 6.07) is 4.19. The van der Waals surface area contributed by atoms with Gasteiger partial charge in [0.1, 0.15) is 0 Å². The molecule has 0 bridgehead atoms. The van der Waals surface area contributed by atoms with Crippen molar-refractivity contribution in [2.75, 3.05) is 6.61 Å². The zero-order chi connectivity index (χ0) is 13.7. The van der Waals surface area contributed by atoms with Crippen LogP contribution < -0.4 is 4.74 Å². The van der Waals surface area contributed by atoms with E-state index in [4.69, 9.17) is 21.4 Å². The van der Waals surface area contributed by atoms with Crippen LogP contribution in [-0.2, 0) is 4.79 Å². The summed E-state index contributed by atoms with van der Waals surface area (Å²) in [5.74, 6) is -0.919. The number of carbonyl (C=O) groups is 1. The lowest BCUT2D eigenvalue weighted by atomic mass is 10.1. The molecular formula is C11H12ClNO5. The highest BCUT2D eigenvalue weighted by Gasteiger charge is 2.20. The van der Waals surface area contributed by atoms with Gasteiger partial charge in [-0.25, -0.2) is 0 Å². The van der Waals surface area contributed by atoms with Gasteiger partial charge in [-0.3, -0.25) is 14.9 Å². The van der Waals surface area contributed by atoms with Crippen molar-refractivity contribution in [3.63, 3.8) is 0 Å². The molecule has 1 aromatic carbocycles. The summed E-state index contributed by atoms with van der Waals surface area (Å²) in [7, 11) is 0. The lowest BCUT2D eigenvalue weighted by Gasteiger charge is -2.09. The third-order valence-corrected chi connectivity index (χ3v) is 2.60. The minimum Gasteiger partial charge on any atom is -0.487 e. The third-order valence-electron chi connectivity index (χ3n) is 2.20. The first-order chi connectivity index (χ1) is 8.45. The number of alkyl halides is 1. The van der Waals surface area contributed by atoms with Gasteiger partial charge in [-0.2, -0.15) is 0 Å². The molecule has 1 rings (SSSR count). The maximum atomic E-state index is 10.9. The first-order valence-electron chi connectivity index (χ1n) is 5.22. The molecule has 1 N–H and O–H groups in total. The van der Waals surface area contributed by atoms with Gasteiger partial charge < -0.3 is 9.84 Å². The quantitative estimate of drug-likeness (QED) is 0.489. The van der Waals surface area contributed by atoms with E-state index in [0.717, 1.165) is 0 Å². The third kappa shape index (κ3) is 3.59. The lowest BCUT2D eigenvalue weighted by Crippen LogP contribution is -2.03. The van der Waals surface area contributed by atoms with Crippen LogP contribution in [0.2, 0.25) is 0 Å². The molecule has 0 aliphatic heterocycles. The Bertz CT molecular complexity index is 463. The second-order valence-electron chi connectivity index (χ2n) is 3.48. The lowest BCUT2D eigenvalue weighted by molar-refractivity contribution is -0.385. The van der Waals surface area contributed by atoms with E-state index < -0.39 is 16.3 Å². The highest BCUT2D eigenvalue weighted by atomic mass is 35.5. The van der Waals surface area contributed by atoms with Crippen LogP contribution in [0.25, 0.3) is 0 Å². The molecule has 0 aliphatic carbocycles. The number of nitro benzene ring substituents is 1. The smallest absolute Gasteiger partial charge is 0.311 e. The second-order valence-corrected chi connectivity index (χ2v) is 4.01. The van der Waals surface area contributed by atoms with Crippen molar-refractivity contribution in [1.82, 2.24) is 0 Å². The number of aliphatic carboxylic acids is 1. The van der Waals surface area contributed by atoms with E-state index in [9.17, 15) is 14.9 Å². The van der Waals surface area contributed by atoms with Gasteiger partial charge in [-0.1, -0.05) is 6.07 Å². The highest BCUT2D eigenvalue weighted by molar-refractivity contribution is 6.21. The van der Waals surface area contributed by atoms with E-state index in [1.54, 1.807) is 6.92 Å². The van der Waals surface area contributed by atoms with Gasteiger partial charge in [0, 0.05) is 6.07 Å². The van der Waals surface area contributed by atoms with Gasteiger partial charge in [-0.05, 0) is 18.6 Å². The molecule has 0 amide bonds. The Morgan fingerprint density at radius 1 is 1.61 bits per heavy atom. The van der Waals surface area contributed by atoms with Crippen molar-refractivity contribution in [2.45, 2.75) is 18.7 Å². The van der Waals surface area contributed by atoms with Crippen LogP contribution in [0.1, 0.15) is 24.3 Å². The SMILES string of the molecule is CCOc1ccc(C(Cl)CC(=O)O)cc1[N+](=O)[O-]. The van der Waals surface area contributed by atoms with Gasteiger partial charge in [-0.15, -0.1) is 11.6 Å². The molecular weight excluding hydrogens is 262 g/mol. The molecule has 0 aliphatic rings. The molecule has 0 saturated heterocycles. The summed E-state index contributed by atoms with van der Waals surface area (Å²) in [4.78, 5) is 20.8. The fourth-order valence-electron chi connectivity index (χ4n) is 1.42. The average Bonchev–Trinajstić information content (AvgIpc) is 2.28. The van der Waals surface area contributed by atoms with E-state index in [1.165, 1.54) is 18.2 Å². The van der Waals surface area contributed by atoms with Gasteiger partial charge in [0.2, 0.25) is 0 Å². The highest BCUT2D eigenvalue weighted by Crippen LogP contribution is 2.33. The predicted octanol–water partition coefficient (Wildman–Crippen LogP) is 2.75. The molecule has 1 atom stereocenters. The standard InChI is InChI=1S/C11H12ClNO5/c1-2-18-10-4-3-7(5-9(10)13(16)17)8(12)6-11(14)15/h3-5,8H,2,6H2,1H3,(H,14,15). The van der Waals surface area contributed by atoms with Gasteiger partial charge >= 0.3 is 11.7 Å². The zero-order valence-corrected chi connectivity index (χ0v) is 10.4. The predicted molar refractivity (Wildman–Crippen MR) is 65.1 cm³/mol. The molecule has 0 aromatic heterocycles. The number of carboxylic acids is 1. The Kier molecular flexibility index (Phi) is 4.91. The molecule has 1 aromatic rings. The minimum atomic E-state index is -1.06. The van der Waals surface area contributed by atoms with Crippen LogP contribution in [0.5, 0.6) is 5.75 Å². The van der Waals surface area contributed by atoms with Crippen molar-refractivity contribution in [1.29, 1.82) is 0 Å². The number of benzene rings is 1. The molecule has 6 nitrogen and oxygen atoms in total. The Morgan fingerprint density at radius 3 is 2.78 bits per heavy atom. The van der Waals surface area contributed by atoms with Crippen LogP contribution in [0.3, 0.4) is 0 Å². The average molecular weight is 274 g/mol. The molecule has 1 unspecified atom stereocenters. The number of ether oxygens (including phenoxy) is 1. The number of nitrogens with zero attached hydrogens (tertiary/aromatic N) is 1. The van der Waals surface area contributed by atoms with Crippen LogP contribution in [0.15, 0.2) is 18.2 Å². The van der Waals surface area contributed by atoms with Gasteiger partial charge in [0.25, 0.3) is 0 Å². The van der Waals surface area contributed by atoms with Crippen molar-refractivity contribution in [3.8, 4) is 5.75 Å². The zero-order valence-electron chi connectivity index (χ0n) is 9.63. The monoisotopic (exact) mass is 273 g/mol. The Morgan fingerprint density at radius 2 is 2.28 bits per heavy atom. The Hall–Kier alpha value is -1.82. The van der Waals surface area contributed by atoms with Crippen molar-refractivity contribution >= 4 is 23.3 Å². The summed E-state index contributed by atoms with van der Waals surface area (Å²) in [6.07, 6.45) is -0.299. The number of nitro groups is 1. The fourth-order valence-corrected chi connectivity index (χ4v) is 1.69. The van der Waals surface area contributed by atoms with E-state index >= 15 is 0 Å².